The van der Waals surface area contributed by atoms with Gasteiger partial charge >= 0.3 is 21.4 Å². The summed E-state index contributed by atoms with van der Waals surface area (Å²) in [7, 11) is 0. The fraction of sp³-hybridized carbons (Fsp3) is 0. The van der Waals surface area contributed by atoms with Crippen molar-refractivity contribution in [1.29, 1.82) is 0 Å². The lowest BCUT2D eigenvalue weighted by Gasteiger charge is -1.97. The van der Waals surface area contributed by atoms with E-state index in [-0.39, 0.29) is 11.8 Å². The fourth-order valence-electron chi connectivity index (χ4n) is 1.45. The highest BCUT2D eigenvalue weighted by Crippen LogP contribution is 2.52. The van der Waals surface area contributed by atoms with E-state index in [9.17, 15) is 40.5 Å². The van der Waals surface area contributed by atoms with Crippen LogP contribution < -0.4 is 0 Å². The second-order valence-corrected chi connectivity index (χ2v) is 6.38. The molecule has 0 fully saturated rings. The van der Waals surface area contributed by atoms with E-state index in [1.165, 1.54) is 0 Å². The molecule has 120 valence electrons. The van der Waals surface area contributed by atoms with Gasteiger partial charge in [0.2, 0.25) is 0 Å². The molecule has 0 atom stereocenters. The first-order chi connectivity index (χ1) is 10.7. The largest absolute Gasteiger partial charge is 0.345 e. The summed E-state index contributed by atoms with van der Waals surface area (Å²) in [5.74, 6) is 0. The molecule has 0 aliphatic rings. The van der Waals surface area contributed by atoms with Crippen LogP contribution in [0, 0.1) is 40.5 Å². The highest BCUT2D eigenvalue weighted by atomic mass is 32.2. The van der Waals surface area contributed by atoms with E-state index in [1.807, 2.05) is 0 Å². The molecule has 0 unspecified atom stereocenters. The first kappa shape index (κ1) is 16.7. The Bertz CT molecular complexity index is 711. The number of nitrogens with zero attached hydrogens (tertiary/aromatic N) is 4. The predicted octanol–water partition coefficient (Wildman–Crippen LogP) is 3.59. The second kappa shape index (κ2) is 6.23. The molecule has 0 N–H and O–H groups in total. The van der Waals surface area contributed by atoms with Crippen molar-refractivity contribution in [3.8, 4) is 0 Å². The minimum absolute atomic E-state index is 0.275. The quantitative estimate of drug-likeness (QED) is 0.537. The molecule has 0 radical (unpaired) electrons. The van der Waals surface area contributed by atoms with Crippen molar-refractivity contribution in [3.05, 3.63) is 51.2 Å². The molecular weight excluding hydrogens is 376 g/mol. The van der Waals surface area contributed by atoms with Crippen LogP contribution in [-0.4, -0.2) is 19.7 Å². The summed E-state index contributed by atoms with van der Waals surface area (Å²) in [6.07, 6.45) is 0. The lowest BCUT2D eigenvalue weighted by atomic mass is 10.5. The molecule has 2 rings (SSSR count). The Kier molecular flexibility index (Phi) is 4.52. The molecule has 0 spiro atoms. The normalized spacial score (nSPS) is 10.4. The van der Waals surface area contributed by atoms with Crippen LogP contribution in [0.25, 0.3) is 0 Å². The molecule has 15 heteroatoms. The van der Waals surface area contributed by atoms with E-state index in [0.29, 0.717) is 22.7 Å². The summed E-state index contributed by atoms with van der Waals surface area (Å²) in [6.45, 7) is 0. The van der Waals surface area contributed by atoms with Crippen LogP contribution in [0.3, 0.4) is 0 Å². The third-order valence-electron chi connectivity index (χ3n) is 2.35. The summed E-state index contributed by atoms with van der Waals surface area (Å²) < 4.78 is 0. The molecule has 0 aliphatic heterocycles. The molecule has 0 saturated carbocycles. The minimum Gasteiger partial charge on any atom is -0.258 e. The molecule has 0 bridgehead atoms. The Morgan fingerprint density at radius 2 is 1.04 bits per heavy atom. The van der Waals surface area contributed by atoms with Crippen molar-refractivity contribution in [2.45, 2.75) is 9.79 Å². The lowest BCUT2D eigenvalue weighted by molar-refractivity contribution is -0.396. The van der Waals surface area contributed by atoms with E-state index < -0.39 is 50.9 Å². The Balaban J connectivity index is 2.63. The summed E-state index contributed by atoms with van der Waals surface area (Å²) in [6, 6.07) is 0. The highest BCUT2D eigenvalue weighted by Gasteiger charge is 2.36. The zero-order valence-electron chi connectivity index (χ0n) is 10.4. The van der Waals surface area contributed by atoms with Gasteiger partial charge in [-0.05, 0) is 0 Å². The number of hydrogen-bond acceptors (Lipinski definition) is 11. The maximum absolute atomic E-state index is 10.9. The summed E-state index contributed by atoms with van der Waals surface area (Å²) in [5.41, 5.74) is -1.28. The van der Waals surface area contributed by atoms with Crippen molar-refractivity contribution >= 4 is 55.8 Å². The lowest BCUT2D eigenvalue weighted by Crippen LogP contribution is -1.94. The SMILES string of the molecule is O=[N+]([O-])c1csc([N+](=O)[O-])c1Sc1c([N+](=O)[O-])csc1[N+](=O)[O-]. The standard InChI is InChI=1S/C8H2N4O8S3/c13-9(14)3-1-21-7(11(17)18)5(3)23-6-4(10(15)16)2-22-8(6)12(19)20/h1-2H. The molecule has 23 heavy (non-hydrogen) atoms. The van der Waals surface area contributed by atoms with E-state index in [2.05, 4.69) is 0 Å². The van der Waals surface area contributed by atoms with E-state index in [1.54, 1.807) is 0 Å². The second-order valence-electron chi connectivity index (χ2n) is 3.64. The molecule has 0 aliphatic carbocycles. The van der Waals surface area contributed by atoms with Crippen LogP contribution in [0.1, 0.15) is 0 Å². The fourth-order valence-corrected chi connectivity index (χ4v) is 4.60. The molecule has 0 saturated heterocycles. The average molecular weight is 378 g/mol. The Hall–Kier alpha value is -2.65. The number of thiophene rings is 2. The van der Waals surface area contributed by atoms with Gasteiger partial charge in [-0.2, -0.15) is 0 Å². The monoisotopic (exact) mass is 378 g/mol. The number of rotatable bonds is 6. The number of hydrogen-bond donors (Lipinski definition) is 0. The van der Waals surface area contributed by atoms with Crippen LogP contribution in [0.2, 0.25) is 0 Å². The minimum atomic E-state index is -0.893. The van der Waals surface area contributed by atoms with Gasteiger partial charge < -0.3 is 0 Å². The van der Waals surface area contributed by atoms with Crippen LogP contribution in [0.4, 0.5) is 21.4 Å². The van der Waals surface area contributed by atoms with Gasteiger partial charge in [0.15, 0.2) is 9.79 Å². The summed E-state index contributed by atoms with van der Waals surface area (Å²) in [5, 5.41) is 44.3. The van der Waals surface area contributed by atoms with Gasteiger partial charge in [-0.1, -0.05) is 34.4 Å². The number of nitro groups is 4. The molecule has 2 heterocycles. The van der Waals surface area contributed by atoms with E-state index >= 15 is 0 Å². The first-order valence-electron chi connectivity index (χ1n) is 5.22. The first-order valence-corrected chi connectivity index (χ1v) is 7.80. The van der Waals surface area contributed by atoms with Gasteiger partial charge in [0.1, 0.15) is 0 Å². The van der Waals surface area contributed by atoms with Crippen molar-refractivity contribution in [1.82, 2.24) is 0 Å². The van der Waals surface area contributed by atoms with Gasteiger partial charge in [-0.3, -0.25) is 40.5 Å². The van der Waals surface area contributed by atoms with Gasteiger partial charge in [0, 0.05) is 0 Å². The molecule has 0 aromatic carbocycles. The molecule has 12 nitrogen and oxygen atoms in total. The van der Waals surface area contributed by atoms with Crippen LogP contribution in [0.5, 0.6) is 0 Å². The summed E-state index contributed by atoms with van der Waals surface area (Å²) in [4.78, 5) is 39.2. The molecule has 2 aromatic rings. The predicted molar refractivity (Wildman–Crippen MR) is 79.4 cm³/mol. The molecule has 0 amide bonds. The maximum atomic E-state index is 10.9. The van der Waals surface area contributed by atoms with Crippen molar-refractivity contribution in [3.63, 3.8) is 0 Å². The Morgan fingerprint density at radius 3 is 1.30 bits per heavy atom. The van der Waals surface area contributed by atoms with Crippen molar-refractivity contribution in [2.24, 2.45) is 0 Å². The van der Waals surface area contributed by atoms with Crippen LogP contribution in [0.15, 0.2) is 20.6 Å². The molecule has 2 aromatic heterocycles. The van der Waals surface area contributed by atoms with E-state index in [0.717, 1.165) is 10.8 Å². The smallest absolute Gasteiger partial charge is 0.258 e. The van der Waals surface area contributed by atoms with Gasteiger partial charge in [0.25, 0.3) is 0 Å². The average Bonchev–Trinajstić information content (AvgIpc) is 3.02. The molecular formula is C8H2N4O8S3. The van der Waals surface area contributed by atoms with Crippen molar-refractivity contribution < 1.29 is 19.7 Å². The van der Waals surface area contributed by atoms with Crippen LogP contribution >= 0.6 is 34.4 Å². The van der Waals surface area contributed by atoms with E-state index in [4.69, 9.17) is 0 Å². The van der Waals surface area contributed by atoms with Gasteiger partial charge in [-0.25, -0.2) is 0 Å². The van der Waals surface area contributed by atoms with Gasteiger partial charge in [-0.15, -0.1) is 0 Å². The van der Waals surface area contributed by atoms with Gasteiger partial charge in [0.05, 0.1) is 30.5 Å². The Labute approximate surface area is 137 Å². The van der Waals surface area contributed by atoms with Crippen molar-refractivity contribution in [2.75, 3.05) is 0 Å². The third kappa shape index (κ3) is 3.10. The zero-order valence-corrected chi connectivity index (χ0v) is 12.9. The Morgan fingerprint density at radius 1 is 0.696 bits per heavy atom. The topological polar surface area (TPSA) is 173 Å². The van der Waals surface area contributed by atoms with Crippen LogP contribution in [-0.2, 0) is 0 Å². The summed E-state index contributed by atoms with van der Waals surface area (Å²) >= 11 is 1.21. The highest BCUT2D eigenvalue weighted by molar-refractivity contribution is 8.00. The zero-order chi connectivity index (χ0) is 17.3. The maximum Gasteiger partial charge on any atom is 0.345 e. The third-order valence-corrected chi connectivity index (χ3v) is 5.65.